The van der Waals surface area contributed by atoms with Crippen LogP contribution in [0.15, 0.2) is 119 Å². The molecule has 1 amide bonds. The Balaban J connectivity index is 1.72. The van der Waals surface area contributed by atoms with E-state index in [0.717, 1.165) is 32.7 Å². The summed E-state index contributed by atoms with van der Waals surface area (Å²) in [4.78, 5) is 13.2. The van der Waals surface area contributed by atoms with Crippen LogP contribution in [-0.4, -0.2) is 10.5 Å². The van der Waals surface area contributed by atoms with Gasteiger partial charge >= 0.3 is 0 Å². The minimum Gasteiger partial charge on any atom is -0.320 e. The number of rotatable bonds is 6. The van der Waals surface area contributed by atoms with E-state index in [-0.39, 0.29) is 10.6 Å². The fourth-order valence-corrected chi connectivity index (χ4v) is 4.92. The summed E-state index contributed by atoms with van der Waals surface area (Å²) in [6.07, 6.45) is 1.61. The second-order valence-corrected chi connectivity index (χ2v) is 10.3. The molecule has 190 valence electrons. The summed E-state index contributed by atoms with van der Waals surface area (Å²) in [6, 6.07) is 36.9. The van der Waals surface area contributed by atoms with Crippen LogP contribution in [0.5, 0.6) is 0 Å². The Labute approximate surface area is 244 Å². The summed E-state index contributed by atoms with van der Waals surface area (Å²) >= 11 is 15.9. The van der Waals surface area contributed by atoms with Gasteiger partial charge in [0.15, 0.2) is 0 Å². The molecule has 0 aliphatic rings. The van der Waals surface area contributed by atoms with Gasteiger partial charge in [-0.25, -0.2) is 0 Å². The van der Waals surface area contributed by atoms with Crippen LogP contribution in [0.1, 0.15) is 5.56 Å². The van der Waals surface area contributed by atoms with E-state index < -0.39 is 5.91 Å². The molecule has 39 heavy (non-hydrogen) atoms. The molecule has 1 heterocycles. The van der Waals surface area contributed by atoms with Crippen LogP contribution in [0.3, 0.4) is 0 Å². The van der Waals surface area contributed by atoms with Gasteiger partial charge in [-0.05, 0) is 59.7 Å². The number of hydrogen-bond donors (Lipinski definition) is 1. The zero-order chi connectivity index (χ0) is 27.4. The van der Waals surface area contributed by atoms with Crippen molar-refractivity contribution < 1.29 is 4.79 Å². The number of anilines is 1. The summed E-state index contributed by atoms with van der Waals surface area (Å²) in [5, 5.41) is 13.2. The smallest absolute Gasteiger partial charge is 0.266 e. The standard InChI is InChI=1S/C32H20BrCl2N3O/c33-25-14-16-26(17-15-25)38-29(21-8-3-1-4-9-21)19-23(31(38)22-10-5-2-6-11-22)18-24(20-36)32(39)37-28-13-7-12-27(34)30(28)35/h1-19H,(H,37,39)/b24-18+. The molecule has 0 bridgehead atoms. The highest BCUT2D eigenvalue weighted by Gasteiger charge is 2.21. The predicted molar refractivity (Wildman–Crippen MR) is 163 cm³/mol. The minimum absolute atomic E-state index is 0.0733. The quantitative estimate of drug-likeness (QED) is 0.153. The van der Waals surface area contributed by atoms with Crippen molar-refractivity contribution in [3.63, 3.8) is 0 Å². The Kier molecular flexibility index (Phi) is 7.99. The zero-order valence-electron chi connectivity index (χ0n) is 20.4. The summed E-state index contributed by atoms with van der Waals surface area (Å²) in [6.45, 7) is 0. The Bertz CT molecular complexity index is 1720. The predicted octanol–water partition coefficient (Wildman–Crippen LogP) is 9.43. The van der Waals surface area contributed by atoms with Crippen molar-refractivity contribution >= 4 is 56.8 Å². The molecule has 1 aromatic heterocycles. The molecule has 0 aliphatic heterocycles. The van der Waals surface area contributed by atoms with Crippen molar-refractivity contribution in [3.8, 4) is 34.3 Å². The first-order valence-electron chi connectivity index (χ1n) is 12.0. The van der Waals surface area contributed by atoms with E-state index in [1.807, 2.05) is 91.0 Å². The van der Waals surface area contributed by atoms with E-state index in [9.17, 15) is 10.1 Å². The van der Waals surface area contributed by atoms with Gasteiger partial charge in [0.2, 0.25) is 0 Å². The molecule has 0 unspecified atom stereocenters. The molecule has 7 heteroatoms. The Morgan fingerprint density at radius 2 is 1.49 bits per heavy atom. The summed E-state index contributed by atoms with van der Waals surface area (Å²) in [5.41, 5.74) is 5.59. The normalized spacial score (nSPS) is 11.2. The lowest BCUT2D eigenvalue weighted by Gasteiger charge is -2.15. The van der Waals surface area contributed by atoms with Crippen molar-refractivity contribution in [3.05, 3.63) is 135 Å². The first-order chi connectivity index (χ1) is 19.0. The van der Waals surface area contributed by atoms with Gasteiger partial charge in [-0.2, -0.15) is 5.26 Å². The van der Waals surface area contributed by atoms with Gasteiger partial charge in [-0.3, -0.25) is 4.79 Å². The van der Waals surface area contributed by atoms with Gasteiger partial charge in [0.1, 0.15) is 11.6 Å². The Morgan fingerprint density at radius 1 is 0.846 bits per heavy atom. The maximum Gasteiger partial charge on any atom is 0.266 e. The first-order valence-corrected chi connectivity index (χ1v) is 13.5. The van der Waals surface area contributed by atoms with E-state index in [1.165, 1.54) is 0 Å². The van der Waals surface area contributed by atoms with Gasteiger partial charge in [0.05, 0.1) is 27.1 Å². The van der Waals surface area contributed by atoms with E-state index in [0.29, 0.717) is 16.3 Å². The highest BCUT2D eigenvalue weighted by Crippen LogP contribution is 2.37. The van der Waals surface area contributed by atoms with Crippen molar-refractivity contribution in [1.82, 2.24) is 4.57 Å². The number of carbonyl (C=O) groups excluding carboxylic acids is 1. The van der Waals surface area contributed by atoms with Crippen LogP contribution >= 0.6 is 39.1 Å². The number of nitriles is 1. The zero-order valence-corrected chi connectivity index (χ0v) is 23.5. The van der Waals surface area contributed by atoms with Gasteiger partial charge < -0.3 is 9.88 Å². The second-order valence-electron chi connectivity index (χ2n) is 8.60. The highest BCUT2D eigenvalue weighted by atomic mass is 79.9. The van der Waals surface area contributed by atoms with Crippen molar-refractivity contribution in [2.45, 2.75) is 0 Å². The van der Waals surface area contributed by atoms with Crippen LogP contribution in [0.2, 0.25) is 10.0 Å². The number of carbonyl (C=O) groups is 1. The van der Waals surface area contributed by atoms with Crippen LogP contribution in [0.4, 0.5) is 5.69 Å². The Morgan fingerprint density at radius 3 is 2.13 bits per heavy atom. The summed E-state index contributed by atoms with van der Waals surface area (Å²) in [7, 11) is 0. The average molecular weight is 613 g/mol. The van der Waals surface area contributed by atoms with Crippen molar-refractivity contribution in [1.29, 1.82) is 5.26 Å². The SMILES string of the molecule is N#C/C(=C\c1cc(-c2ccccc2)n(-c2ccc(Br)cc2)c1-c1ccccc1)C(=O)Nc1cccc(Cl)c1Cl. The molecular formula is C32H20BrCl2N3O. The van der Waals surface area contributed by atoms with E-state index >= 15 is 0 Å². The second kappa shape index (κ2) is 11.8. The highest BCUT2D eigenvalue weighted by molar-refractivity contribution is 9.10. The van der Waals surface area contributed by atoms with Crippen molar-refractivity contribution in [2.24, 2.45) is 0 Å². The number of halogens is 3. The maximum absolute atomic E-state index is 13.2. The van der Waals surface area contributed by atoms with E-state index in [1.54, 1.807) is 24.3 Å². The number of benzene rings is 4. The summed E-state index contributed by atoms with van der Waals surface area (Å²) < 4.78 is 3.10. The fraction of sp³-hybridized carbons (Fsp3) is 0. The van der Waals surface area contributed by atoms with Crippen LogP contribution in [0, 0.1) is 11.3 Å². The number of nitrogens with zero attached hydrogens (tertiary/aromatic N) is 2. The molecule has 1 N–H and O–H groups in total. The molecule has 5 rings (SSSR count). The lowest BCUT2D eigenvalue weighted by molar-refractivity contribution is -0.112. The van der Waals surface area contributed by atoms with Gasteiger partial charge in [-0.1, -0.05) is 106 Å². The number of amides is 1. The lowest BCUT2D eigenvalue weighted by Crippen LogP contribution is -2.13. The molecule has 0 atom stereocenters. The molecule has 5 aromatic rings. The van der Waals surface area contributed by atoms with Crippen LogP contribution in [0.25, 0.3) is 34.3 Å². The van der Waals surface area contributed by atoms with Crippen LogP contribution < -0.4 is 5.32 Å². The maximum atomic E-state index is 13.2. The molecule has 0 aliphatic carbocycles. The minimum atomic E-state index is -0.585. The molecule has 0 saturated carbocycles. The van der Waals surface area contributed by atoms with Gasteiger partial charge in [0, 0.05) is 15.7 Å². The largest absolute Gasteiger partial charge is 0.320 e. The number of nitrogens with one attached hydrogen (secondary N) is 1. The summed E-state index contributed by atoms with van der Waals surface area (Å²) in [5.74, 6) is -0.585. The average Bonchev–Trinajstić information content (AvgIpc) is 3.34. The van der Waals surface area contributed by atoms with Gasteiger partial charge in [0.25, 0.3) is 5.91 Å². The molecule has 4 nitrogen and oxygen atoms in total. The van der Waals surface area contributed by atoms with E-state index in [2.05, 4.69) is 31.9 Å². The molecule has 0 spiro atoms. The van der Waals surface area contributed by atoms with Crippen LogP contribution in [-0.2, 0) is 4.79 Å². The van der Waals surface area contributed by atoms with E-state index in [4.69, 9.17) is 23.2 Å². The molecule has 0 fully saturated rings. The molecular weight excluding hydrogens is 593 g/mol. The molecule has 0 radical (unpaired) electrons. The molecule has 0 saturated heterocycles. The third-order valence-corrected chi connectivity index (χ3v) is 7.44. The molecule has 4 aromatic carbocycles. The number of hydrogen-bond acceptors (Lipinski definition) is 2. The van der Waals surface area contributed by atoms with Gasteiger partial charge in [-0.15, -0.1) is 0 Å². The topological polar surface area (TPSA) is 57.8 Å². The third kappa shape index (κ3) is 5.69. The number of aromatic nitrogens is 1. The lowest BCUT2D eigenvalue weighted by atomic mass is 10.0. The monoisotopic (exact) mass is 611 g/mol. The fourth-order valence-electron chi connectivity index (χ4n) is 4.31. The first kappa shape index (κ1) is 26.5. The third-order valence-electron chi connectivity index (χ3n) is 6.10. The van der Waals surface area contributed by atoms with Crippen molar-refractivity contribution in [2.75, 3.05) is 5.32 Å². The Hall–Kier alpha value is -4.08.